The topological polar surface area (TPSA) is 18.5 Å². The quantitative estimate of drug-likeness (QED) is 0.771. The molecular weight excluding hydrogens is 326 g/mol. The van der Waals surface area contributed by atoms with Crippen LogP contribution in [0.5, 0.6) is 0 Å². The molecule has 1 unspecified atom stereocenters. The zero-order valence-corrected chi connectivity index (χ0v) is 15.3. The molecule has 1 aromatic carbocycles. The molecule has 2 rings (SSSR count). The number of likely N-dealkylation sites (N-methyl/N-ethyl adjacent to an activating group) is 2. The summed E-state index contributed by atoms with van der Waals surface area (Å²) in [6, 6.07) is 7.91. The van der Waals surface area contributed by atoms with E-state index in [1.54, 1.807) is 0 Å². The lowest BCUT2D eigenvalue weighted by molar-refractivity contribution is 0.372. The maximum atomic E-state index is 3.64. The number of nitrogens with zero attached hydrogens (tertiary/aromatic N) is 2. The van der Waals surface area contributed by atoms with E-state index >= 15 is 0 Å². The van der Waals surface area contributed by atoms with Crippen molar-refractivity contribution < 1.29 is 0 Å². The fraction of sp³-hybridized carbons (Fsp3) is 0.647. The van der Waals surface area contributed by atoms with E-state index in [0.29, 0.717) is 6.04 Å². The Bertz CT molecular complexity index is 457. The number of hydrogen-bond acceptors (Lipinski definition) is 3. The molecule has 0 aliphatic heterocycles. The first-order valence-electron chi connectivity index (χ1n) is 7.94. The van der Waals surface area contributed by atoms with E-state index in [2.05, 4.69) is 77.2 Å². The first-order chi connectivity index (χ1) is 10.0. The third-order valence-corrected chi connectivity index (χ3v) is 4.50. The highest BCUT2D eigenvalue weighted by atomic mass is 79.9. The van der Waals surface area contributed by atoms with Gasteiger partial charge in [-0.05, 0) is 64.5 Å². The number of hydrogen-bond donors (Lipinski definition) is 1. The maximum absolute atomic E-state index is 3.64. The molecule has 118 valence electrons. The second-order valence-electron chi connectivity index (χ2n) is 6.33. The molecular formula is C17H28BrN3. The molecule has 0 aromatic heterocycles. The maximum Gasteiger partial charge on any atom is 0.0415 e. The number of anilines is 1. The fourth-order valence-electron chi connectivity index (χ4n) is 2.86. The van der Waals surface area contributed by atoms with Crippen LogP contribution in [0.3, 0.4) is 0 Å². The minimum atomic E-state index is 0.505. The molecule has 0 amide bonds. The Kier molecular flexibility index (Phi) is 6.08. The van der Waals surface area contributed by atoms with Gasteiger partial charge in [0.05, 0.1) is 0 Å². The van der Waals surface area contributed by atoms with Gasteiger partial charge in [0.2, 0.25) is 0 Å². The van der Waals surface area contributed by atoms with Crippen LogP contribution in [0.15, 0.2) is 22.7 Å². The molecule has 0 spiro atoms. The molecule has 4 heteroatoms. The van der Waals surface area contributed by atoms with E-state index in [0.717, 1.165) is 30.1 Å². The van der Waals surface area contributed by atoms with Crippen molar-refractivity contribution in [2.75, 3.05) is 32.1 Å². The van der Waals surface area contributed by atoms with Gasteiger partial charge in [-0.15, -0.1) is 0 Å². The Labute approximate surface area is 137 Å². The van der Waals surface area contributed by atoms with Crippen molar-refractivity contribution in [2.45, 2.75) is 45.3 Å². The zero-order valence-electron chi connectivity index (χ0n) is 13.7. The minimum Gasteiger partial charge on any atom is -0.368 e. The average Bonchev–Trinajstić information content (AvgIpc) is 3.22. The first kappa shape index (κ1) is 16.8. The second-order valence-corrected chi connectivity index (χ2v) is 7.24. The van der Waals surface area contributed by atoms with Crippen LogP contribution in [0.4, 0.5) is 5.69 Å². The number of halogens is 1. The Morgan fingerprint density at radius 2 is 2.05 bits per heavy atom. The van der Waals surface area contributed by atoms with E-state index < -0.39 is 0 Å². The lowest BCUT2D eigenvalue weighted by Crippen LogP contribution is -2.40. The Balaban J connectivity index is 2.17. The van der Waals surface area contributed by atoms with Gasteiger partial charge < -0.3 is 15.1 Å². The zero-order chi connectivity index (χ0) is 15.4. The lowest BCUT2D eigenvalue weighted by atomic mass is 10.1. The van der Waals surface area contributed by atoms with Crippen molar-refractivity contribution in [3.8, 4) is 0 Å². The van der Waals surface area contributed by atoms with E-state index in [-0.39, 0.29) is 0 Å². The lowest BCUT2D eigenvalue weighted by Gasteiger charge is -2.33. The molecule has 0 radical (unpaired) electrons. The summed E-state index contributed by atoms with van der Waals surface area (Å²) in [5, 5.41) is 3.64. The monoisotopic (exact) mass is 353 g/mol. The van der Waals surface area contributed by atoms with Crippen LogP contribution in [0.2, 0.25) is 0 Å². The molecule has 1 N–H and O–H groups in total. The van der Waals surface area contributed by atoms with Crippen LogP contribution >= 0.6 is 15.9 Å². The minimum absolute atomic E-state index is 0.505. The van der Waals surface area contributed by atoms with Crippen molar-refractivity contribution in [1.29, 1.82) is 0 Å². The summed E-state index contributed by atoms with van der Waals surface area (Å²) in [5.74, 6) is 0. The molecule has 1 atom stereocenters. The van der Waals surface area contributed by atoms with Crippen LogP contribution in [0.1, 0.15) is 32.3 Å². The number of rotatable bonds is 8. The summed E-state index contributed by atoms with van der Waals surface area (Å²) >= 11 is 3.61. The highest BCUT2D eigenvalue weighted by molar-refractivity contribution is 9.10. The molecule has 1 fully saturated rings. The molecule has 1 saturated carbocycles. The first-order valence-corrected chi connectivity index (χ1v) is 8.73. The molecule has 21 heavy (non-hydrogen) atoms. The van der Waals surface area contributed by atoms with E-state index in [4.69, 9.17) is 0 Å². The fourth-order valence-corrected chi connectivity index (χ4v) is 3.27. The van der Waals surface area contributed by atoms with Gasteiger partial charge in [-0.25, -0.2) is 0 Å². The van der Waals surface area contributed by atoms with Crippen molar-refractivity contribution in [3.05, 3.63) is 28.2 Å². The molecule has 3 nitrogen and oxygen atoms in total. The molecule has 1 aliphatic carbocycles. The van der Waals surface area contributed by atoms with Gasteiger partial charge in [-0.1, -0.05) is 15.9 Å². The highest BCUT2D eigenvalue weighted by Gasteiger charge is 2.22. The SMILES string of the molecule is CCN(c1ccc(Br)cc1CNC1CC1)C(C)CN(C)C. The number of benzene rings is 1. The third kappa shape index (κ3) is 4.97. The summed E-state index contributed by atoms with van der Waals surface area (Å²) in [7, 11) is 4.28. The molecule has 0 bridgehead atoms. The van der Waals surface area contributed by atoms with Gasteiger partial charge in [0, 0.05) is 41.9 Å². The molecule has 1 aromatic rings. The van der Waals surface area contributed by atoms with Crippen LogP contribution in [0.25, 0.3) is 0 Å². The van der Waals surface area contributed by atoms with Gasteiger partial charge in [0.1, 0.15) is 0 Å². The Morgan fingerprint density at radius 3 is 2.62 bits per heavy atom. The van der Waals surface area contributed by atoms with Gasteiger partial charge in [-0.2, -0.15) is 0 Å². The Hall–Kier alpha value is -0.580. The van der Waals surface area contributed by atoms with Crippen molar-refractivity contribution in [1.82, 2.24) is 10.2 Å². The van der Waals surface area contributed by atoms with E-state index in [9.17, 15) is 0 Å². The molecule has 0 heterocycles. The summed E-state index contributed by atoms with van der Waals surface area (Å²) in [5.41, 5.74) is 2.76. The average molecular weight is 354 g/mol. The normalized spacial score (nSPS) is 16.3. The number of nitrogens with one attached hydrogen (secondary N) is 1. The van der Waals surface area contributed by atoms with Crippen molar-refractivity contribution in [3.63, 3.8) is 0 Å². The van der Waals surface area contributed by atoms with E-state index in [1.165, 1.54) is 24.1 Å². The van der Waals surface area contributed by atoms with Crippen LogP contribution in [-0.2, 0) is 6.54 Å². The Morgan fingerprint density at radius 1 is 1.33 bits per heavy atom. The summed E-state index contributed by atoms with van der Waals surface area (Å²) in [6.45, 7) is 7.62. The smallest absolute Gasteiger partial charge is 0.0415 e. The van der Waals surface area contributed by atoms with Crippen molar-refractivity contribution in [2.24, 2.45) is 0 Å². The van der Waals surface area contributed by atoms with Crippen LogP contribution in [-0.4, -0.2) is 44.2 Å². The summed E-state index contributed by atoms with van der Waals surface area (Å²) < 4.78 is 1.16. The predicted octanol–water partition coefficient (Wildman–Crippen LogP) is 3.48. The van der Waals surface area contributed by atoms with Crippen molar-refractivity contribution >= 4 is 21.6 Å². The second kappa shape index (κ2) is 7.61. The van der Waals surface area contributed by atoms with Crippen LogP contribution < -0.4 is 10.2 Å². The van der Waals surface area contributed by atoms with E-state index in [1.807, 2.05) is 0 Å². The summed E-state index contributed by atoms with van der Waals surface area (Å²) in [4.78, 5) is 4.77. The van der Waals surface area contributed by atoms with Crippen LogP contribution in [0, 0.1) is 0 Å². The standard InChI is InChI=1S/C17H28BrN3/c1-5-21(13(2)12-20(3)4)17-9-6-15(18)10-14(17)11-19-16-7-8-16/h6,9-10,13,16,19H,5,7-8,11-12H2,1-4H3. The summed E-state index contributed by atoms with van der Waals surface area (Å²) in [6.07, 6.45) is 2.66. The van der Waals surface area contributed by atoms with Gasteiger partial charge >= 0.3 is 0 Å². The largest absolute Gasteiger partial charge is 0.368 e. The van der Waals surface area contributed by atoms with Gasteiger partial charge in [0.15, 0.2) is 0 Å². The molecule has 0 saturated heterocycles. The predicted molar refractivity (Wildman–Crippen MR) is 95.0 cm³/mol. The van der Waals surface area contributed by atoms with Gasteiger partial charge in [-0.3, -0.25) is 0 Å². The van der Waals surface area contributed by atoms with Gasteiger partial charge in [0.25, 0.3) is 0 Å². The third-order valence-electron chi connectivity index (χ3n) is 4.01. The molecule has 1 aliphatic rings. The highest BCUT2D eigenvalue weighted by Crippen LogP contribution is 2.28.